The van der Waals surface area contributed by atoms with E-state index in [0.29, 0.717) is 0 Å². The van der Waals surface area contributed by atoms with Gasteiger partial charge in [-0.3, -0.25) is 0 Å². The molecule has 1 aliphatic rings. The first-order chi connectivity index (χ1) is 3.89. The maximum absolute atomic E-state index is 6.88. The zero-order valence-electron chi connectivity index (χ0n) is 4.53. The molecule has 0 radical (unpaired) electrons. The van der Waals surface area contributed by atoms with E-state index in [1.165, 1.54) is 12.3 Å². The van der Waals surface area contributed by atoms with Crippen molar-refractivity contribution in [2.24, 2.45) is 10.4 Å². The molecule has 0 saturated heterocycles. The first-order valence-corrected chi connectivity index (χ1v) is 1.80. The van der Waals surface area contributed by atoms with Crippen molar-refractivity contribution in [1.82, 2.24) is 0 Å². The minimum atomic E-state index is 0.0961. The fourth-order valence-electron chi connectivity index (χ4n) is 0.225. The minimum Gasteiger partial charge on any atom is -0.347 e. The van der Waals surface area contributed by atoms with Gasteiger partial charge in [-0.25, -0.2) is 0 Å². The van der Waals surface area contributed by atoms with Gasteiger partial charge in [0.1, 0.15) is 6.26 Å². The first kappa shape index (κ1) is 2.96. The van der Waals surface area contributed by atoms with Gasteiger partial charge in [-0.1, -0.05) is 0 Å². The molecule has 3 nitrogen and oxygen atoms in total. The lowest BCUT2D eigenvalue weighted by Crippen LogP contribution is -1.56. The van der Waals surface area contributed by atoms with Crippen LogP contribution in [0, 0.1) is 0 Å². The fraction of sp³-hybridized carbons (Fsp3) is 0. The summed E-state index contributed by atoms with van der Waals surface area (Å²) in [5.74, 6) is 0. The second-order valence-corrected chi connectivity index (χ2v) is 0.911. The average Bonchev–Trinajstić information content (AvgIpc) is 1.94. The highest BCUT2D eigenvalue weighted by Crippen LogP contribution is 1.88. The van der Waals surface area contributed by atoms with Crippen LogP contribution in [0.15, 0.2) is 35.0 Å². The van der Waals surface area contributed by atoms with E-state index in [1.807, 2.05) is 0 Å². The second kappa shape index (κ2) is 2.12. The third-order valence-corrected chi connectivity index (χ3v) is 0.456. The molecular formula is C4H4N2O. The fourth-order valence-corrected chi connectivity index (χ4v) is 0.225. The van der Waals surface area contributed by atoms with E-state index < -0.39 is 0 Å². The monoisotopic (exact) mass is 97.0 g/mol. The molecule has 1 rings (SSSR count). The van der Waals surface area contributed by atoms with Gasteiger partial charge in [-0.2, -0.15) is 0 Å². The average molecular weight is 97.1 g/mol. The molecule has 0 aliphatic carbocycles. The molecule has 1 aliphatic heterocycles. The van der Waals surface area contributed by atoms with Crippen molar-refractivity contribution in [2.45, 2.75) is 0 Å². The number of nitrogens with zero attached hydrogens (tertiary/aromatic N) is 2. The summed E-state index contributed by atoms with van der Waals surface area (Å²) in [4.78, 5) is 4.37. The van der Waals surface area contributed by atoms with Crippen LogP contribution in [0.2, 0.25) is 0 Å². The summed E-state index contributed by atoms with van der Waals surface area (Å²) < 4.78 is 6.88. The molecular weight excluding hydrogens is 92.1 g/mol. The number of hydrogen-bond acceptors (Lipinski definition) is 3. The van der Waals surface area contributed by atoms with Crippen LogP contribution in [0.25, 0.3) is 0 Å². The molecule has 36 valence electrons. The van der Waals surface area contributed by atoms with E-state index in [1.54, 1.807) is 6.08 Å². The van der Waals surface area contributed by atoms with Crippen LogP contribution < -0.4 is 0 Å². The summed E-state index contributed by atoms with van der Waals surface area (Å²) in [6.45, 7) is 0. The molecule has 3 heteroatoms. The van der Waals surface area contributed by atoms with Crippen molar-refractivity contribution in [3.63, 3.8) is 0 Å². The maximum Gasteiger partial charge on any atom is 0.124 e. The Morgan fingerprint density at radius 3 is 3.57 bits per heavy atom. The summed E-state index contributed by atoms with van der Waals surface area (Å²) in [6.07, 6.45) is 4.49. The maximum atomic E-state index is 6.88. The van der Waals surface area contributed by atoms with Gasteiger partial charge in [-0.15, -0.1) is 5.11 Å². The Labute approximate surface area is 42.4 Å². The van der Waals surface area contributed by atoms with Gasteiger partial charge in [0, 0.05) is 5.28 Å². The third kappa shape index (κ3) is 1.17. The number of rotatable bonds is 0. The highest BCUT2D eigenvalue weighted by molar-refractivity contribution is 4.98. The predicted molar refractivity (Wildman–Crippen MR) is 24.2 cm³/mol. The molecule has 0 saturated carbocycles. The lowest BCUT2D eigenvalue weighted by molar-refractivity contribution is 0.243. The van der Waals surface area contributed by atoms with Crippen molar-refractivity contribution in [1.29, 1.82) is 0 Å². The van der Waals surface area contributed by atoms with Crippen LogP contribution in [0.3, 0.4) is 0 Å². The van der Waals surface area contributed by atoms with Crippen molar-refractivity contribution in [2.75, 3.05) is 0 Å². The highest BCUT2D eigenvalue weighted by atomic mass is 16.6. The standard InChI is InChI=1S/C4H4N2O/c1-2-4-7-6-5-3-1/h1-4H/i3D. The largest absolute Gasteiger partial charge is 0.347 e. The van der Waals surface area contributed by atoms with Gasteiger partial charge in [0.15, 0.2) is 0 Å². The molecule has 7 heavy (non-hydrogen) atoms. The Morgan fingerprint density at radius 2 is 2.57 bits per heavy atom. The number of allylic oxidation sites excluding steroid dienone is 2. The van der Waals surface area contributed by atoms with Crippen molar-refractivity contribution < 1.29 is 6.21 Å². The lowest BCUT2D eigenvalue weighted by atomic mass is 10.6. The van der Waals surface area contributed by atoms with E-state index in [4.69, 9.17) is 1.37 Å². The van der Waals surface area contributed by atoms with Gasteiger partial charge < -0.3 is 4.84 Å². The van der Waals surface area contributed by atoms with Gasteiger partial charge in [-0.05, 0) is 12.2 Å². The molecule has 0 aromatic heterocycles. The normalized spacial score (nSPS) is 19.4. The summed E-state index contributed by atoms with van der Waals surface area (Å²) in [5.41, 5.74) is 0. The van der Waals surface area contributed by atoms with Crippen molar-refractivity contribution in [3.8, 4) is 0 Å². The molecule has 0 N–H and O–H groups in total. The van der Waals surface area contributed by atoms with E-state index >= 15 is 0 Å². The van der Waals surface area contributed by atoms with Crippen LogP contribution in [-0.4, -0.2) is 0 Å². The van der Waals surface area contributed by atoms with Crippen LogP contribution in [-0.2, 0) is 4.84 Å². The smallest absolute Gasteiger partial charge is 0.124 e. The molecule has 0 fully saturated rings. The third-order valence-electron chi connectivity index (χ3n) is 0.456. The molecule has 0 aromatic carbocycles. The summed E-state index contributed by atoms with van der Waals surface area (Å²) in [5, 5.41) is 6.43. The SMILES string of the molecule is [2H]C1=CC=CON=N1. The Hall–Kier alpha value is -1.12. The lowest BCUT2D eigenvalue weighted by Gasteiger charge is -1.75. The molecule has 0 aromatic rings. The zero-order valence-corrected chi connectivity index (χ0v) is 3.53. The summed E-state index contributed by atoms with van der Waals surface area (Å²) in [6, 6.07) is 0. The first-order valence-electron chi connectivity index (χ1n) is 2.30. The van der Waals surface area contributed by atoms with Crippen LogP contribution in [0.1, 0.15) is 1.37 Å². The van der Waals surface area contributed by atoms with Gasteiger partial charge in [0.25, 0.3) is 0 Å². The van der Waals surface area contributed by atoms with E-state index in [9.17, 15) is 0 Å². The van der Waals surface area contributed by atoms with E-state index in [0.717, 1.165) is 0 Å². The van der Waals surface area contributed by atoms with Crippen molar-refractivity contribution >= 4 is 0 Å². The molecule has 1 heterocycles. The van der Waals surface area contributed by atoms with E-state index in [2.05, 4.69) is 15.2 Å². The summed E-state index contributed by atoms with van der Waals surface area (Å²) in [7, 11) is 0. The topological polar surface area (TPSA) is 34.0 Å². The van der Waals surface area contributed by atoms with Gasteiger partial charge >= 0.3 is 0 Å². The van der Waals surface area contributed by atoms with Crippen molar-refractivity contribution in [3.05, 3.63) is 24.6 Å². The van der Waals surface area contributed by atoms with Gasteiger partial charge in [0.2, 0.25) is 0 Å². The van der Waals surface area contributed by atoms with Crippen LogP contribution in [0.5, 0.6) is 0 Å². The van der Waals surface area contributed by atoms with Gasteiger partial charge in [0.05, 0.1) is 7.55 Å². The molecule has 0 atom stereocenters. The quantitative estimate of drug-likeness (QED) is 0.450. The Balaban J connectivity index is 2.73. The van der Waals surface area contributed by atoms with Crippen LogP contribution >= 0.6 is 0 Å². The molecule has 0 amide bonds. The van der Waals surface area contributed by atoms with Crippen LogP contribution in [0.4, 0.5) is 0 Å². The molecule has 0 bridgehead atoms. The second-order valence-electron chi connectivity index (χ2n) is 0.911. The molecule has 0 spiro atoms. The van der Waals surface area contributed by atoms with E-state index in [-0.39, 0.29) is 6.18 Å². The Morgan fingerprint density at radius 1 is 1.57 bits per heavy atom. The minimum absolute atomic E-state index is 0.0961. The molecule has 0 unspecified atom stereocenters. The summed E-state index contributed by atoms with van der Waals surface area (Å²) >= 11 is 0. The predicted octanol–water partition coefficient (Wildman–Crippen LogP) is 1.41. The number of hydrogen-bond donors (Lipinski definition) is 0. The Bertz CT molecular complexity index is 161. The highest BCUT2D eigenvalue weighted by Gasteiger charge is 1.71. The Kier molecular flexibility index (Phi) is 0.898. The zero-order chi connectivity index (χ0) is 5.82.